The maximum absolute atomic E-state index is 9.90. The predicted molar refractivity (Wildman–Crippen MR) is 84.2 cm³/mol. The van der Waals surface area contributed by atoms with Gasteiger partial charge in [0.1, 0.15) is 4.51 Å². The lowest BCUT2D eigenvalue weighted by Crippen LogP contribution is -2.11. The fourth-order valence-corrected chi connectivity index (χ4v) is 2.85. The number of hydrogen-bond acceptors (Lipinski definition) is 1. The maximum Gasteiger partial charge on any atom is 0.143 e. The maximum atomic E-state index is 9.90. The highest BCUT2D eigenvalue weighted by molar-refractivity contribution is 9.09. The van der Waals surface area contributed by atoms with Crippen LogP contribution in [0.25, 0.3) is 0 Å². The van der Waals surface area contributed by atoms with Crippen molar-refractivity contribution in [3.8, 4) is 0 Å². The molecule has 0 aromatic heterocycles. The Hall–Kier alpha value is -0.540. The first-order valence-electron chi connectivity index (χ1n) is 5.81. The molecule has 0 amide bonds. The second-order valence-electron chi connectivity index (χ2n) is 4.57. The van der Waals surface area contributed by atoms with Gasteiger partial charge < -0.3 is 5.11 Å². The van der Waals surface area contributed by atoms with Crippen molar-refractivity contribution in [1.29, 1.82) is 0 Å². The second-order valence-corrected chi connectivity index (χ2v) is 6.96. The highest BCUT2D eigenvalue weighted by atomic mass is 79.9. The van der Waals surface area contributed by atoms with Crippen LogP contribution in [-0.2, 0) is 10.9 Å². The van der Waals surface area contributed by atoms with Gasteiger partial charge in [0.25, 0.3) is 0 Å². The van der Waals surface area contributed by atoms with E-state index in [1.165, 1.54) is 5.56 Å². The fourth-order valence-electron chi connectivity index (χ4n) is 1.88. The average molecular weight is 360 g/mol. The molecule has 1 N–H and O–H groups in total. The molecule has 4 heteroatoms. The van der Waals surface area contributed by atoms with Gasteiger partial charge >= 0.3 is 0 Å². The van der Waals surface area contributed by atoms with Crippen LogP contribution in [0.4, 0.5) is 0 Å². The summed E-state index contributed by atoms with van der Waals surface area (Å²) < 4.78 is -1.11. The van der Waals surface area contributed by atoms with Gasteiger partial charge in [-0.25, -0.2) is 0 Å². The highest BCUT2D eigenvalue weighted by Gasteiger charge is 2.21. The topological polar surface area (TPSA) is 20.2 Å². The SMILES string of the molecule is CC(O)(Br)c1ccc(Cc2ccc(Cl)cc2)cc1Cl. The molecule has 100 valence electrons. The number of aliphatic hydroxyl groups is 1. The van der Waals surface area contributed by atoms with Gasteiger partial charge in [-0.1, -0.05) is 47.5 Å². The van der Waals surface area contributed by atoms with Gasteiger partial charge in [-0.15, -0.1) is 0 Å². The number of rotatable bonds is 3. The van der Waals surface area contributed by atoms with E-state index in [9.17, 15) is 5.11 Å². The summed E-state index contributed by atoms with van der Waals surface area (Å²) in [4.78, 5) is 0. The molecule has 2 rings (SSSR count). The smallest absolute Gasteiger partial charge is 0.143 e. The summed E-state index contributed by atoms with van der Waals surface area (Å²) in [6.45, 7) is 1.65. The Bertz CT molecular complexity index is 574. The molecular weight excluding hydrogens is 347 g/mol. The van der Waals surface area contributed by atoms with Gasteiger partial charge in [0, 0.05) is 15.6 Å². The lowest BCUT2D eigenvalue weighted by Gasteiger charge is -2.17. The minimum Gasteiger partial charge on any atom is -0.375 e. The molecule has 2 aromatic carbocycles. The van der Waals surface area contributed by atoms with Crippen LogP contribution in [0, 0.1) is 0 Å². The molecule has 0 aliphatic carbocycles. The van der Waals surface area contributed by atoms with E-state index in [4.69, 9.17) is 23.2 Å². The molecule has 0 spiro atoms. The molecule has 0 radical (unpaired) electrons. The number of benzene rings is 2. The van der Waals surface area contributed by atoms with E-state index in [0.29, 0.717) is 10.6 Å². The van der Waals surface area contributed by atoms with Gasteiger partial charge in [-0.05, 0) is 58.6 Å². The Morgan fingerprint density at radius 2 is 1.63 bits per heavy atom. The van der Waals surface area contributed by atoms with Crippen LogP contribution < -0.4 is 0 Å². The van der Waals surface area contributed by atoms with Crippen LogP contribution in [0.15, 0.2) is 42.5 Å². The minimum atomic E-state index is -1.11. The molecule has 0 bridgehead atoms. The Morgan fingerprint density at radius 3 is 2.16 bits per heavy atom. The molecule has 0 fully saturated rings. The molecule has 0 aliphatic rings. The summed E-state index contributed by atoms with van der Waals surface area (Å²) >= 11 is 15.2. The number of alkyl halides is 1. The van der Waals surface area contributed by atoms with Gasteiger partial charge in [-0.3, -0.25) is 0 Å². The summed E-state index contributed by atoms with van der Waals surface area (Å²) in [6.07, 6.45) is 0.779. The second kappa shape index (κ2) is 5.84. The first-order chi connectivity index (χ1) is 8.86. The van der Waals surface area contributed by atoms with E-state index in [1.807, 2.05) is 42.5 Å². The molecule has 1 unspecified atom stereocenters. The van der Waals surface area contributed by atoms with Gasteiger partial charge in [0.05, 0.1) is 0 Å². The van der Waals surface area contributed by atoms with Gasteiger partial charge in [-0.2, -0.15) is 0 Å². The minimum absolute atomic E-state index is 0.549. The summed E-state index contributed by atoms with van der Waals surface area (Å²) in [5, 5.41) is 11.2. The van der Waals surface area contributed by atoms with E-state index in [-0.39, 0.29) is 0 Å². The van der Waals surface area contributed by atoms with E-state index in [1.54, 1.807) is 6.92 Å². The zero-order valence-corrected chi connectivity index (χ0v) is 13.4. The zero-order chi connectivity index (χ0) is 14.0. The van der Waals surface area contributed by atoms with Crippen molar-refractivity contribution in [3.05, 3.63) is 69.2 Å². The van der Waals surface area contributed by atoms with Crippen LogP contribution in [0.2, 0.25) is 10.0 Å². The number of hydrogen-bond donors (Lipinski definition) is 1. The quantitative estimate of drug-likeness (QED) is 0.752. The summed E-state index contributed by atoms with van der Waals surface area (Å²) in [5.74, 6) is 0. The van der Waals surface area contributed by atoms with Crippen molar-refractivity contribution in [3.63, 3.8) is 0 Å². The normalized spacial score (nSPS) is 14.2. The standard InChI is InChI=1S/C15H13BrCl2O/c1-15(16,19)13-7-4-11(9-14(13)18)8-10-2-5-12(17)6-3-10/h2-7,9,19H,8H2,1H3. The lowest BCUT2D eigenvalue weighted by atomic mass is 10.0. The Balaban J connectivity index is 2.23. The zero-order valence-electron chi connectivity index (χ0n) is 10.3. The van der Waals surface area contributed by atoms with E-state index >= 15 is 0 Å². The molecule has 1 atom stereocenters. The number of halogens is 3. The monoisotopic (exact) mass is 358 g/mol. The summed E-state index contributed by atoms with van der Waals surface area (Å²) in [5.41, 5.74) is 2.92. The first-order valence-corrected chi connectivity index (χ1v) is 7.36. The van der Waals surface area contributed by atoms with Crippen molar-refractivity contribution in [1.82, 2.24) is 0 Å². The van der Waals surface area contributed by atoms with Crippen LogP contribution in [0.1, 0.15) is 23.6 Å². The molecule has 0 saturated heterocycles. The fraction of sp³-hybridized carbons (Fsp3) is 0.200. The molecule has 19 heavy (non-hydrogen) atoms. The van der Waals surface area contributed by atoms with Crippen LogP contribution in [-0.4, -0.2) is 5.11 Å². The Kier molecular flexibility index (Phi) is 4.57. The third-order valence-corrected chi connectivity index (χ3v) is 3.84. The molecular formula is C15H13BrCl2O. The average Bonchev–Trinajstić information content (AvgIpc) is 2.30. The molecule has 0 aliphatic heterocycles. The van der Waals surface area contributed by atoms with E-state index in [0.717, 1.165) is 17.0 Å². The van der Waals surface area contributed by atoms with Crippen LogP contribution in [0.3, 0.4) is 0 Å². The van der Waals surface area contributed by atoms with E-state index < -0.39 is 4.51 Å². The Morgan fingerprint density at radius 1 is 1.05 bits per heavy atom. The summed E-state index contributed by atoms with van der Waals surface area (Å²) in [6, 6.07) is 13.4. The molecule has 2 aromatic rings. The largest absolute Gasteiger partial charge is 0.375 e. The third kappa shape index (κ3) is 3.96. The molecule has 0 heterocycles. The van der Waals surface area contributed by atoms with Gasteiger partial charge in [0.15, 0.2) is 0 Å². The first kappa shape index (κ1) is 14.9. The van der Waals surface area contributed by atoms with Crippen molar-refractivity contribution < 1.29 is 5.11 Å². The van der Waals surface area contributed by atoms with Crippen molar-refractivity contribution >= 4 is 39.1 Å². The van der Waals surface area contributed by atoms with Crippen LogP contribution >= 0.6 is 39.1 Å². The van der Waals surface area contributed by atoms with E-state index in [2.05, 4.69) is 15.9 Å². The summed E-state index contributed by atoms with van der Waals surface area (Å²) in [7, 11) is 0. The molecule has 0 saturated carbocycles. The third-order valence-electron chi connectivity index (χ3n) is 2.85. The van der Waals surface area contributed by atoms with Crippen LogP contribution in [0.5, 0.6) is 0 Å². The predicted octanol–water partition coefficient (Wildman–Crippen LogP) is 5.14. The van der Waals surface area contributed by atoms with Crippen molar-refractivity contribution in [2.45, 2.75) is 17.9 Å². The molecule has 1 nitrogen and oxygen atoms in total. The lowest BCUT2D eigenvalue weighted by molar-refractivity contribution is 0.167. The van der Waals surface area contributed by atoms with Gasteiger partial charge in [0.2, 0.25) is 0 Å². The van der Waals surface area contributed by atoms with Crippen molar-refractivity contribution in [2.75, 3.05) is 0 Å². The Labute approximate surface area is 131 Å². The van der Waals surface area contributed by atoms with Crippen molar-refractivity contribution in [2.24, 2.45) is 0 Å². The highest BCUT2D eigenvalue weighted by Crippen LogP contribution is 2.33.